The first-order chi connectivity index (χ1) is 11.3. The van der Waals surface area contributed by atoms with Gasteiger partial charge < -0.3 is 20.6 Å². The minimum Gasteiger partial charge on any atom is -0.395 e. The molecule has 0 bridgehead atoms. The molecule has 0 aromatic heterocycles. The summed E-state index contributed by atoms with van der Waals surface area (Å²) < 4.78 is 0. The van der Waals surface area contributed by atoms with Crippen molar-refractivity contribution in [1.82, 2.24) is 15.5 Å². The number of hydrogen-bond donors (Lipinski definition) is 3. The standard InChI is InChI=1S/C18H29N3O2/c22-13-9-20-14-16-4-6-17(7-5-16)18(23)15-19-8-12-21-10-2-1-3-11-21/h4-7,19-20,22H,1-3,8-15H2. The van der Waals surface area contributed by atoms with Crippen molar-refractivity contribution in [2.75, 3.05) is 45.9 Å². The number of hydrogen-bond acceptors (Lipinski definition) is 5. The van der Waals surface area contributed by atoms with Gasteiger partial charge in [-0.3, -0.25) is 4.79 Å². The molecule has 0 aliphatic carbocycles. The molecule has 1 heterocycles. The average molecular weight is 319 g/mol. The fraction of sp³-hybridized carbons (Fsp3) is 0.611. The number of aliphatic hydroxyl groups excluding tert-OH is 1. The molecule has 0 spiro atoms. The zero-order valence-electron chi connectivity index (χ0n) is 13.9. The van der Waals surface area contributed by atoms with Gasteiger partial charge in [-0.1, -0.05) is 30.7 Å². The number of piperidine rings is 1. The summed E-state index contributed by atoms with van der Waals surface area (Å²) in [6, 6.07) is 7.69. The Morgan fingerprint density at radius 2 is 1.78 bits per heavy atom. The van der Waals surface area contributed by atoms with E-state index >= 15 is 0 Å². The molecule has 3 N–H and O–H groups in total. The van der Waals surface area contributed by atoms with Crippen molar-refractivity contribution in [3.63, 3.8) is 0 Å². The van der Waals surface area contributed by atoms with Gasteiger partial charge in [0.05, 0.1) is 13.2 Å². The van der Waals surface area contributed by atoms with E-state index in [1.165, 1.54) is 32.4 Å². The molecule has 0 unspecified atom stereocenters. The largest absolute Gasteiger partial charge is 0.395 e. The number of likely N-dealkylation sites (tertiary alicyclic amines) is 1. The summed E-state index contributed by atoms with van der Waals surface area (Å²) in [5.74, 6) is 0.138. The third kappa shape index (κ3) is 6.79. The summed E-state index contributed by atoms with van der Waals surface area (Å²) in [5, 5.41) is 15.1. The fourth-order valence-corrected chi connectivity index (χ4v) is 2.84. The number of Topliss-reactive ketones (excluding diaryl/α,β-unsaturated/α-hetero) is 1. The van der Waals surface area contributed by atoms with Crippen LogP contribution >= 0.6 is 0 Å². The Morgan fingerprint density at radius 3 is 2.48 bits per heavy atom. The molecule has 0 amide bonds. The molecule has 5 heteroatoms. The molecule has 0 radical (unpaired) electrons. The van der Waals surface area contributed by atoms with Gasteiger partial charge in [0.25, 0.3) is 0 Å². The Bertz CT molecular complexity index is 456. The van der Waals surface area contributed by atoms with Crippen LogP contribution in [0, 0.1) is 0 Å². The lowest BCUT2D eigenvalue weighted by Gasteiger charge is -2.26. The predicted molar refractivity (Wildman–Crippen MR) is 92.7 cm³/mol. The number of rotatable bonds is 10. The maximum atomic E-state index is 12.1. The summed E-state index contributed by atoms with van der Waals surface area (Å²) in [6.45, 7) is 6.13. The summed E-state index contributed by atoms with van der Waals surface area (Å²) >= 11 is 0. The van der Waals surface area contributed by atoms with Crippen LogP contribution in [0.15, 0.2) is 24.3 Å². The summed E-state index contributed by atoms with van der Waals surface area (Å²) in [7, 11) is 0. The van der Waals surface area contributed by atoms with Crippen molar-refractivity contribution in [3.05, 3.63) is 35.4 Å². The second kappa shape index (κ2) is 10.5. The minimum atomic E-state index is 0.138. The van der Waals surface area contributed by atoms with Crippen LogP contribution in [0.5, 0.6) is 0 Å². The second-order valence-corrected chi connectivity index (χ2v) is 6.10. The normalized spacial score (nSPS) is 15.7. The zero-order valence-corrected chi connectivity index (χ0v) is 13.9. The van der Waals surface area contributed by atoms with Gasteiger partial charge in [-0.2, -0.15) is 0 Å². The van der Waals surface area contributed by atoms with Crippen LogP contribution in [0.2, 0.25) is 0 Å². The van der Waals surface area contributed by atoms with E-state index in [0.29, 0.717) is 19.6 Å². The maximum Gasteiger partial charge on any atom is 0.176 e. The lowest BCUT2D eigenvalue weighted by molar-refractivity contribution is 0.0989. The van der Waals surface area contributed by atoms with Gasteiger partial charge in [-0.15, -0.1) is 0 Å². The van der Waals surface area contributed by atoms with E-state index in [1.807, 2.05) is 24.3 Å². The minimum absolute atomic E-state index is 0.138. The highest BCUT2D eigenvalue weighted by atomic mass is 16.3. The van der Waals surface area contributed by atoms with Crippen molar-refractivity contribution < 1.29 is 9.90 Å². The van der Waals surface area contributed by atoms with Gasteiger partial charge >= 0.3 is 0 Å². The smallest absolute Gasteiger partial charge is 0.176 e. The van der Waals surface area contributed by atoms with Crippen molar-refractivity contribution in [2.24, 2.45) is 0 Å². The van der Waals surface area contributed by atoms with Crippen LogP contribution in [-0.2, 0) is 6.54 Å². The Hall–Kier alpha value is -1.27. The van der Waals surface area contributed by atoms with E-state index in [-0.39, 0.29) is 12.4 Å². The van der Waals surface area contributed by atoms with E-state index < -0.39 is 0 Å². The van der Waals surface area contributed by atoms with Crippen LogP contribution in [0.25, 0.3) is 0 Å². The number of ketones is 1. The lowest BCUT2D eigenvalue weighted by atomic mass is 10.1. The van der Waals surface area contributed by atoms with Gasteiger partial charge in [-0.05, 0) is 31.5 Å². The Kier molecular flexibility index (Phi) is 8.25. The first-order valence-corrected chi connectivity index (χ1v) is 8.66. The van der Waals surface area contributed by atoms with Gasteiger partial charge in [0.15, 0.2) is 5.78 Å². The number of carbonyl (C=O) groups is 1. The maximum absolute atomic E-state index is 12.1. The summed E-state index contributed by atoms with van der Waals surface area (Å²) in [6.07, 6.45) is 3.96. The third-order valence-corrected chi connectivity index (χ3v) is 4.23. The Balaban J connectivity index is 1.64. The van der Waals surface area contributed by atoms with E-state index in [9.17, 15) is 4.79 Å². The predicted octanol–water partition coefficient (Wildman–Crippen LogP) is 1.03. The van der Waals surface area contributed by atoms with Crippen molar-refractivity contribution in [3.8, 4) is 0 Å². The monoisotopic (exact) mass is 319 g/mol. The highest BCUT2D eigenvalue weighted by Gasteiger charge is 2.10. The highest BCUT2D eigenvalue weighted by Crippen LogP contribution is 2.07. The van der Waals surface area contributed by atoms with Crippen LogP contribution < -0.4 is 10.6 Å². The fourth-order valence-electron chi connectivity index (χ4n) is 2.84. The lowest BCUT2D eigenvalue weighted by Crippen LogP contribution is -2.37. The molecule has 0 atom stereocenters. The molecule has 1 aliphatic heterocycles. The molecule has 1 fully saturated rings. The van der Waals surface area contributed by atoms with E-state index in [4.69, 9.17) is 5.11 Å². The van der Waals surface area contributed by atoms with E-state index in [0.717, 1.165) is 24.2 Å². The molecule has 1 aliphatic rings. The SMILES string of the molecule is O=C(CNCCN1CCCCC1)c1ccc(CNCCO)cc1. The molecule has 1 aromatic carbocycles. The third-order valence-electron chi connectivity index (χ3n) is 4.23. The molecule has 1 saturated heterocycles. The summed E-state index contributed by atoms with van der Waals surface area (Å²) in [4.78, 5) is 14.6. The quantitative estimate of drug-likeness (QED) is 0.444. The first-order valence-electron chi connectivity index (χ1n) is 8.66. The Labute approximate surface area is 139 Å². The number of aliphatic hydroxyl groups is 1. The number of nitrogens with one attached hydrogen (secondary N) is 2. The molecule has 0 saturated carbocycles. The molecular formula is C18H29N3O2. The van der Waals surface area contributed by atoms with Gasteiger partial charge in [-0.25, -0.2) is 0 Å². The van der Waals surface area contributed by atoms with E-state index in [1.54, 1.807) is 0 Å². The molecule has 5 nitrogen and oxygen atoms in total. The van der Waals surface area contributed by atoms with Crippen LogP contribution in [0.1, 0.15) is 35.2 Å². The van der Waals surface area contributed by atoms with Crippen LogP contribution in [-0.4, -0.2) is 61.7 Å². The van der Waals surface area contributed by atoms with Crippen molar-refractivity contribution in [1.29, 1.82) is 0 Å². The molecule has 1 aromatic rings. The van der Waals surface area contributed by atoms with Crippen LogP contribution in [0.3, 0.4) is 0 Å². The van der Waals surface area contributed by atoms with Gasteiger partial charge in [0.2, 0.25) is 0 Å². The van der Waals surface area contributed by atoms with Crippen LogP contribution in [0.4, 0.5) is 0 Å². The van der Waals surface area contributed by atoms with E-state index in [2.05, 4.69) is 15.5 Å². The molecule has 2 rings (SSSR count). The van der Waals surface area contributed by atoms with Crippen molar-refractivity contribution in [2.45, 2.75) is 25.8 Å². The second-order valence-electron chi connectivity index (χ2n) is 6.10. The average Bonchev–Trinajstić information content (AvgIpc) is 2.60. The molecular weight excluding hydrogens is 290 g/mol. The highest BCUT2D eigenvalue weighted by molar-refractivity contribution is 5.97. The topological polar surface area (TPSA) is 64.6 Å². The molecule has 23 heavy (non-hydrogen) atoms. The number of carbonyl (C=O) groups excluding carboxylic acids is 1. The van der Waals surface area contributed by atoms with Gasteiger partial charge in [0.1, 0.15) is 0 Å². The Morgan fingerprint density at radius 1 is 1.04 bits per heavy atom. The number of benzene rings is 1. The van der Waals surface area contributed by atoms with Gasteiger partial charge in [0, 0.05) is 31.7 Å². The molecule has 128 valence electrons. The number of nitrogens with zero attached hydrogens (tertiary/aromatic N) is 1. The zero-order chi connectivity index (χ0) is 16.3. The summed E-state index contributed by atoms with van der Waals surface area (Å²) in [5.41, 5.74) is 1.87. The van der Waals surface area contributed by atoms with Crippen molar-refractivity contribution >= 4 is 5.78 Å². The first kappa shape index (κ1) is 18.1.